The molecule has 1 unspecified atom stereocenters. The third kappa shape index (κ3) is 5.24. The van der Waals surface area contributed by atoms with Crippen LogP contribution in [0.5, 0.6) is 11.5 Å². The Balaban J connectivity index is 2.01. The van der Waals surface area contributed by atoms with E-state index in [1.54, 1.807) is 7.11 Å². The van der Waals surface area contributed by atoms with E-state index in [1.165, 1.54) is 0 Å². The van der Waals surface area contributed by atoms with E-state index >= 15 is 0 Å². The van der Waals surface area contributed by atoms with E-state index in [1.807, 2.05) is 56.3 Å². The molecule has 1 atom stereocenters. The molecule has 2 rings (SSSR count). The van der Waals surface area contributed by atoms with E-state index in [4.69, 9.17) is 9.47 Å². The fraction of sp³-hybridized carbons (Fsp3) is 0.381. The van der Waals surface area contributed by atoms with Crippen LogP contribution in [0.15, 0.2) is 42.5 Å². The lowest BCUT2D eigenvalue weighted by molar-refractivity contribution is -0.124. The average molecular weight is 341 g/mol. The Labute approximate surface area is 150 Å². The van der Waals surface area contributed by atoms with Gasteiger partial charge in [0.2, 0.25) is 0 Å². The fourth-order valence-electron chi connectivity index (χ4n) is 2.67. The van der Waals surface area contributed by atoms with Crippen molar-refractivity contribution in [3.63, 3.8) is 0 Å². The Morgan fingerprint density at radius 2 is 1.76 bits per heavy atom. The second-order valence-corrected chi connectivity index (χ2v) is 6.62. The van der Waals surface area contributed by atoms with E-state index in [9.17, 15) is 4.79 Å². The van der Waals surface area contributed by atoms with Crippen LogP contribution >= 0.6 is 0 Å². The lowest BCUT2D eigenvalue weighted by atomic mass is 9.96. The molecule has 1 amide bonds. The minimum absolute atomic E-state index is 0.00364. The number of nitrogens with one attached hydrogen (secondary N) is 1. The topological polar surface area (TPSA) is 47.6 Å². The smallest absolute Gasteiger partial charge is 0.258 e. The molecule has 0 aliphatic carbocycles. The van der Waals surface area contributed by atoms with Crippen LogP contribution in [-0.4, -0.2) is 19.6 Å². The summed E-state index contributed by atoms with van der Waals surface area (Å²) in [6.45, 7) is 8.15. The zero-order valence-corrected chi connectivity index (χ0v) is 15.6. The van der Waals surface area contributed by atoms with Crippen molar-refractivity contribution >= 4 is 5.91 Å². The highest BCUT2D eigenvalue weighted by Gasteiger charge is 2.19. The molecule has 0 aliphatic heterocycles. The maximum atomic E-state index is 12.4. The summed E-state index contributed by atoms with van der Waals surface area (Å²) < 4.78 is 10.9. The maximum Gasteiger partial charge on any atom is 0.258 e. The summed E-state index contributed by atoms with van der Waals surface area (Å²) in [5.74, 6) is 1.69. The highest BCUT2D eigenvalue weighted by atomic mass is 16.5. The molecule has 0 aliphatic rings. The SMILES string of the molecule is COc1ccc(C(NC(=O)COc2cc(C)ccc2C)C(C)C)cc1. The molecule has 0 bridgehead atoms. The van der Waals surface area contributed by atoms with E-state index < -0.39 is 0 Å². The first kappa shape index (κ1) is 18.8. The maximum absolute atomic E-state index is 12.4. The number of amides is 1. The molecule has 2 aromatic rings. The van der Waals surface area contributed by atoms with Gasteiger partial charge in [0.25, 0.3) is 5.91 Å². The van der Waals surface area contributed by atoms with Gasteiger partial charge in [-0.1, -0.05) is 38.1 Å². The first-order chi connectivity index (χ1) is 11.9. The zero-order valence-electron chi connectivity index (χ0n) is 15.6. The van der Waals surface area contributed by atoms with Gasteiger partial charge < -0.3 is 14.8 Å². The normalized spacial score (nSPS) is 11.9. The molecule has 1 N–H and O–H groups in total. The Morgan fingerprint density at radius 3 is 2.36 bits per heavy atom. The number of hydrogen-bond donors (Lipinski definition) is 1. The fourth-order valence-corrected chi connectivity index (χ4v) is 2.67. The number of hydrogen-bond acceptors (Lipinski definition) is 3. The van der Waals surface area contributed by atoms with Gasteiger partial charge in [-0.3, -0.25) is 4.79 Å². The molecule has 25 heavy (non-hydrogen) atoms. The second kappa shape index (κ2) is 8.56. The highest BCUT2D eigenvalue weighted by molar-refractivity contribution is 5.78. The predicted molar refractivity (Wildman–Crippen MR) is 100 cm³/mol. The molecule has 0 spiro atoms. The summed E-state index contributed by atoms with van der Waals surface area (Å²) in [6, 6.07) is 13.7. The van der Waals surface area contributed by atoms with Gasteiger partial charge in [0, 0.05) is 0 Å². The monoisotopic (exact) mass is 341 g/mol. The third-order valence-corrected chi connectivity index (χ3v) is 4.16. The Bertz CT molecular complexity index is 708. The van der Waals surface area contributed by atoms with Crippen LogP contribution in [0, 0.1) is 19.8 Å². The van der Waals surface area contributed by atoms with Crippen molar-refractivity contribution in [1.29, 1.82) is 0 Å². The van der Waals surface area contributed by atoms with Crippen LogP contribution in [0.2, 0.25) is 0 Å². The number of methoxy groups -OCH3 is 1. The van der Waals surface area contributed by atoms with Gasteiger partial charge in [-0.25, -0.2) is 0 Å². The molecule has 134 valence electrons. The van der Waals surface area contributed by atoms with Gasteiger partial charge in [0.1, 0.15) is 11.5 Å². The number of benzene rings is 2. The highest BCUT2D eigenvalue weighted by Crippen LogP contribution is 2.24. The summed E-state index contributed by atoms with van der Waals surface area (Å²) >= 11 is 0. The average Bonchev–Trinajstić information content (AvgIpc) is 2.60. The molecule has 2 aromatic carbocycles. The van der Waals surface area contributed by atoms with Gasteiger partial charge >= 0.3 is 0 Å². The molecule has 0 fully saturated rings. The molecule has 4 nitrogen and oxygen atoms in total. The van der Waals surface area contributed by atoms with Crippen LogP contribution in [0.1, 0.15) is 36.6 Å². The van der Waals surface area contributed by atoms with Crippen LogP contribution < -0.4 is 14.8 Å². The lowest BCUT2D eigenvalue weighted by Crippen LogP contribution is -2.35. The summed E-state index contributed by atoms with van der Waals surface area (Å²) in [7, 11) is 1.64. The Kier molecular flexibility index (Phi) is 6.45. The molecule has 0 heterocycles. The van der Waals surface area contributed by atoms with Gasteiger partial charge in [-0.05, 0) is 54.7 Å². The molecule has 0 aromatic heterocycles. The van der Waals surface area contributed by atoms with Gasteiger partial charge in [0.05, 0.1) is 13.2 Å². The molecular weight excluding hydrogens is 314 g/mol. The predicted octanol–water partition coefficient (Wildman–Crippen LogP) is 4.20. The van der Waals surface area contributed by atoms with Crippen molar-refractivity contribution < 1.29 is 14.3 Å². The van der Waals surface area contributed by atoms with Crippen molar-refractivity contribution in [3.05, 3.63) is 59.2 Å². The number of rotatable bonds is 7. The summed E-state index contributed by atoms with van der Waals surface area (Å²) in [4.78, 5) is 12.4. The van der Waals surface area contributed by atoms with E-state index in [-0.39, 0.29) is 24.5 Å². The van der Waals surface area contributed by atoms with Gasteiger partial charge in [0.15, 0.2) is 6.61 Å². The van der Waals surface area contributed by atoms with Crippen molar-refractivity contribution in [2.24, 2.45) is 5.92 Å². The zero-order chi connectivity index (χ0) is 18.4. The largest absolute Gasteiger partial charge is 0.497 e. The third-order valence-electron chi connectivity index (χ3n) is 4.16. The van der Waals surface area contributed by atoms with Gasteiger partial charge in [-0.2, -0.15) is 0 Å². The first-order valence-corrected chi connectivity index (χ1v) is 8.54. The Morgan fingerprint density at radius 1 is 1.08 bits per heavy atom. The van der Waals surface area contributed by atoms with Crippen LogP contribution in [0.3, 0.4) is 0 Å². The Hall–Kier alpha value is -2.49. The quantitative estimate of drug-likeness (QED) is 0.821. The first-order valence-electron chi connectivity index (χ1n) is 8.54. The van der Waals surface area contributed by atoms with E-state index in [0.717, 1.165) is 28.2 Å². The molecule has 0 saturated carbocycles. The standard InChI is InChI=1S/C21H27NO3/c1-14(2)21(17-8-10-18(24-5)11-9-17)22-20(23)13-25-19-12-15(3)6-7-16(19)4/h6-12,14,21H,13H2,1-5H3,(H,22,23). The van der Waals surface area contributed by atoms with E-state index in [2.05, 4.69) is 19.2 Å². The number of aryl methyl sites for hydroxylation is 2. The van der Waals surface area contributed by atoms with Crippen molar-refractivity contribution in [2.75, 3.05) is 13.7 Å². The number of carbonyl (C=O) groups excluding carboxylic acids is 1. The summed E-state index contributed by atoms with van der Waals surface area (Å²) in [5.41, 5.74) is 3.18. The van der Waals surface area contributed by atoms with E-state index in [0.29, 0.717) is 0 Å². The summed E-state index contributed by atoms with van der Waals surface area (Å²) in [5, 5.41) is 3.07. The molecular formula is C21H27NO3. The molecule has 0 saturated heterocycles. The second-order valence-electron chi connectivity index (χ2n) is 6.62. The van der Waals surface area contributed by atoms with Crippen LogP contribution in [0.4, 0.5) is 0 Å². The van der Waals surface area contributed by atoms with Crippen LogP contribution in [0.25, 0.3) is 0 Å². The van der Waals surface area contributed by atoms with Crippen molar-refractivity contribution in [1.82, 2.24) is 5.32 Å². The number of carbonyl (C=O) groups is 1. The van der Waals surface area contributed by atoms with Crippen molar-refractivity contribution in [2.45, 2.75) is 33.7 Å². The minimum Gasteiger partial charge on any atom is -0.497 e. The minimum atomic E-state index is -0.129. The number of ether oxygens (including phenoxy) is 2. The van der Waals surface area contributed by atoms with Crippen molar-refractivity contribution in [3.8, 4) is 11.5 Å². The lowest BCUT2D eigenvalue weighted by Gasteiger charge is -2.23. The summed E-state index contributed by atoms with van der Waals surface area (Å²) in [6.07, 6.45) is 0. The molecule has 0 radical (unpaired) electrons. The van der Waals surface area contributed by atoms with Gasteiger partial charge in [-0.15, -0.1) is 0 Å². The van der Waals surface area contributed by atoms with Crippen LogP contribution in [-0.2, 0) is 4.79 Å². The molecule has 4 heteroatoms.